The maximum atomic E-state index is 8.12. The molecule has 0 heterocycles. The van der Waals surface area contributed by atoms with Crippen LogP contribution in [-0.2, 0) is 16.8 Å². The summed E-state index contributed by atoms with van der Waals surface area (Å²) < 4.78 is 0. The largest absolute Gasteiger partial charge is 0.267 e. The Balaban J connectivity index is 0. The summed E-state index contributed by atoms with van der Waals surface area (Å²) in [5.74, 6) is 0. The van der Waals surface area contributed by atoms with E-state index < -0.39 is 0 Å². The predicted octanol–water partition coefficient (Wildman–Crippen LogP) is -1.67. The molecular formula is HCoNO2. The zero-order chi connectivity index (χ0) is 2.71. The van der Waals surface area contributed by atoms with Gasteiger partial charge in [-0.15, -0.1) is 0 Å². The minimum atomic E-state index is 0. The molecule has 0 amide bonds. The van der Waals surface area contributed by atoms with Gasteiger partial charge in [-0.1, -0.05) is 0 Å². The summed E-state index contributed by atoms with van der Waals surface area (Å²) in [6.07, 6.45) is 0. The Bertz CT molecular complexity index is 13.5. The first-order valence-electron chi connectivity index (χ1n) is 0.408. The van der Waals surface area contributed by atoms with Crippen molar-refractivity contribution >= 4 is 0 Å². The molecule has 0 aliphatic carbocycles. The molecule has 0 aromatic rings. The Morgan fingerprint density at radius 1 is 1.75 bits per heavy atom. The molecule has 1 radical (unpaired) electrons. The predicted molar refractivity (Wildman–Crippen MR) is 7.70 cm³/mol. The topological polar surface area (TPSA) is 54.1 Å². The molecule has 0 bridgehead atoms. The molecule has 27 valence electrons. The van der Waals surface area contributed by atoms with Gasteiger partial charge in [-0.25, -0.2) is 0 Å². The Hall–Kier alpha value is -0.0935. The van der Waals surface area contributed by atoms with Gasteiger partial charge in [0.15, 0.2) is 0 Å². The monoisotopic (exact) mass is 106 g/mol. The molecule has 0 aromatic carbocycles. The number of hydrogen-bond donors (Lipinski definition) is 1. The van der Waals surface area contributed by atoms with Crippen molar-refractivity contribution in [2.24, 2.45) is 0 Å². The number of nitrogens with one attached hydrogen (secondary N) is 1. The Kier molecular flexibility index (Phi) is 29.2. The van der Waals surface area contributed by atoms with Crippen molar-refractivity contribution in [3.05, 3.63) is 10.1 Å². The van der Waals surface area contributed by atoms with Crippen LogP contribution >= 0.6 is 0 Å². The van der Waals surface area contributed by atoms with E-state index in [0.717, 1.165) is 0 Å². The van der Waals surface area contributed by atoms with Gasteiger partial charge in [0.25, 0.3) is 0 Å². The summed E-state index contributed by atoms with van der Waals surface area (Å²) in [6.45, 7) is 0. The molecule has 4 heteroatoms. The molecule has 0 aromatic heterocycles. The van der Waals surface area contributed by atoms with E-state index in [-0.39, 0.29) is 22.1 Å². The zero-order valence-electron chi connectivity index (χ0n) is 1.65. The summed E-state index contributed by atoms with van der Waals surface area (Å²) in [7, 11) is 0. The number of hydrogen-bond acceptors (Lipinski definition) is 2. The van der Waals surface area contributed by atoms with Gasteiger partial charge in [-0.3, -0.25) is 10.1 Å². The Morgan fingerprint density at radius 2 is 1.75 bits per heavy atom. The smallest absolute Gasteiger partial charge is 0.00366 e. The van der Waals surface area contributed by atoms with Gasteiger partial charge >= 0.3 is 0 Å². The fraction of sp³-hybridized carbons (Fsp3) is 0. The molecule has 0 unspecified atom stereocenters. The van der Waals surface area contributed by atoms with Gasteiger partial charge in [0, 0.05) is 22.1 Å². The van der Waals surface area contributed by atoms with E-state index in [4.69, 9.17) is 10.1 Å². The molecule has 0 spiro atoms. The van der Waals surface area contributed by atoms with Gasteiger partial charge in [0.2, 0.25) is 0 Å². The Labute approximate surface area is 33.1 Å². The van der Waals surface area contributed by atoms with Gasteiger partial charge in [0.1, 0.15) is 0 Å². The Morgan fingerprint density at radius 3 is 1.75 bits per heavy atom. The summed E-state index contributed by atoms with van der Waals surface area (Å²) in [4.78, 5) is 8.12. The molecule has 0 fully saturated rings. The third kappa shape index (κ3) is 179. The summed E-state index contributed by atoms with van der Waals surface area (Å²) in [6, 6.07) is 0. The van der Waals surface area contributed by atoms with Crippen molar-refractivity contribution in [1.29, 1.82) is 0 Å². The molecule has 0 aliphatic rings. The standard InChI is InChI=1S/Co.HNO2/c;2-1-3/h;1H. The molecule has 4 heavy (non-hydrogen) atoms. The molecular weight excluding hydrogens is 105 g/mol. The van der Waals surface area contributed by atoms with Crippen LogP contribution in [0.3, 0.4) is 0 Å². The van der Waals surface area contributed by atoms with Crippen LogP contribution in [0.2, 0.25) is 0 Å². The first kappa shape index (κ1) is 9.08. The normalized spacial score (nSPS) is 3.00. The van der Waals surface area contributed by atoms with Crippen molar-refractivity contribution < 1.29 is 22.1 Å². The fourth-order valence-electron chi connectivity index (χ4n) is 0. The van der Waals surface area contributed by atoms with E-state index in [1.165, 1.54) is 0 Å². The van der Waals surface area contributed by atoms with Crippen LogP contribution in [0.15, 0.2) is 0 Å². The van der Waals surface area contributed by atoms with E-state index in [0.29, 0.717) is 0 Å². The van der Waals surface area contributed by atoms with Gasteiger partial charge in [-0.05, 0) is 0 Å². The van der Waals surface area contributed by atoms with Crippen LogP contribution in [0.25, 0.3) is 0 Å². The average Bonchev–Trinajstić information content (AvgIpc) is 0.918. The quantitative estimate of drug-likeness (QED) is 0.296. The van der Waals surface area contributed by atoms with Crippen molar-refractivity contribution in [3.8, 4) is 0 Å². The molecule has 1 N–H and O–H groups in total. The molecule has 0 saturated carbocycles. The minimum Gasteiger partial charge on any atom is -0.267 e. The molecule has 0 aliphatic heterocycles. The molecule has 3 nitrogen and oxygen atoms in total. The van der Waals surface area contributed by atoms with Crippen molar-refractivity contribution in [2.75, 3.05) is 0 Å². The maximum Gasteiger partial charge on any atom is 0.00366 e. The molecule has 0 saturated heterocycles. The van der Waals surface area contributed by atoms with E-state index in [1.807, 2.05) is 0 Å². The van der Waals surface area contributed by atoms with E-state index in [2.05, 4.69) is 0 Å². The van der Waals surface area contributed by atoms with Crippen LogP contribution in [0, 0.1) is 10.1 Å². The van der Waals surface area contributed by atoms with Crippen LogP contribution < -0.4 is 5.34 Å². The fourth-order valence-corrected chi connectivity index (χ4v) is 0. The summed E-state index contributed by atoms with van der Waals surface area (Å²) in [5.41, 5.74) is 0. The van der Waals surface area contributed by atoms with E-state index >= 15 is 0 Å². The second-order valence-electron chi connectivity index (χ2n) is 0.0833. The van der Waals surface area contributed by atoms with Crippen LogP contribution in [0.5, 0.6) is 0 Å². The third-order valence-electron chi connectivity index (χ3n) is 0. The van der Waals surface area contributed by atoms with Crippen LogP contribution in [0.4, 0.5) is 0 Å². The van der Waals surface area contributed by atoms with E-state index in [1.54, 1.807) is 0 Å². The summed E-state index contributed by atoms with van der Waals surface area (Å²) in [5, 5.41) is 8.38. The van der Waals surface area contributed by atoms with E-state index in [9.17, 15) is 0 Å². The van der Waals surface area contributed by atoms with Crippen molar-refractivity contribution in [2.45, 2.75) is 0 Å². The van der Waals surface area contributed by atoms with Gasteiger partial charge in [-0.2, -0.15) is 0 Å². The second kappa shape index (κ2) is 12.9. The maximum absolute atomic E-state index is 8.12. The minimum absolute atomic E-state index is 0. The first-order chi connectivity index (χ1) is 1.41. The zero-order valence-corrected chi connectivity index (χ0v) is 2.69. The SMILES string of the molecule is O=[NH+][O-].[Co]. The van der Waals surface area contributed by atoms with Gasteiger partial charge < -0.3 is 0 Å². The summed E-state index contributed by atoms with van der Waals surface area (Å²) >= 11 is 0. The number of rotatable bonds is 0. The molecule has 0 atom stereocenters. The molecule has 0 rings (SSSR count). The third-order valence-corrected chi connectivity index (χ3v) is 0. The van der Waals surface area contributed by atoms with Crippen molar-refractivity contribution in [1.82, 2.24) is 0 Å². The second-order valence-corrected chi connectivity index (χ2v) is 0.0833. The van der Waals surface area contributed by atoms with Crippen LogP contribution in [0.1, 0.15) is 0 Å². The van der Waals surface area contributed by atoms with Gasteiger partial charge in [0.05, 0.1) is 0 Å². The van der Waals surface area contributed by atoms with Crippen LogP contribution in [-0.4, -0.2) is 0 Å². The van der Waals surface area contributed by atoms with Crippen molar-refractivity contribution in [3.63, 3.8) is 0 Å². The average molecular weight is 106 g/mol. The first-order valence-corrected chi connectivity index (χ1v) is 0.408.